The zero-order chi connectivity index (χ0) is 26.3. The van der Waals surface area contributed by atoms with Crippen molar-refractivity contribution < 1.29 is 31.1 Å². The van der Waals surface area contributed by atoms with Crippen LogP contribution in [0, 0.1) is 0 Å². The predicted molar refractivity (Wildman–Crippen MR) is 132 cm³/mol. The highest BCUT2D eigenvalue weighted by Crippen LogP contribution is 2.36. The van der Waals surface area contributed by atoms with Crippen LogP contribution in [0.15, 0.2) is 46.8 Å². The average molecular weight is 542 g/mol. The second-order valence-corrected chi connectivity index (χ2v) is 12.8. The van der Waals surface area contributed by atoms with Crippen LogP contribution in [0.4, 0.5) is 23.8 Å². The number of hydrogen-bond acceptors (Lipinski definition) is 7. The number of carbonyl (C=O) groups is 1. The summed E-state index contributed by atoms with van der Waals surface area (Å²) >= 11 is 1.06. The molecule has 0 spiro atoms. The van der Waals surface area contributed by atoms with Crippen LogP contribution in [0.5, 0.6) is 0 Å². The Morgan fingerprint density at radius 2 is 1.78 bits per heavy atom. The lowest BCUT2D eigenvalue weighted by molar-refractivity contribution is -0.137. The Hall–Kier alpha value is -2.86. The van der Waals surface area contributed by atoms with Crippen LogP contribution in [-0.4, -0.2) is 56.2 Å². The lowest BCUT2D eigenvalue weighted by atomic mass is 10.1. The molecule has 1 fully saturated rings. The Balaban J connectivity index is 1.54. The zero-order valence-corrected chi connectivity index (χ0v) is 21.6. The minimum Gasteiger partial charge on any atom is -0.444 e. The molecule has 1 aromatic carbocycles. The molecular weight excluding hydrogens is 515 g/mol. The van der Waals surface area contributed by atoms with E-state index >= 15 is 0 Å². The summed E-state index contributed by atoms with van der Waals surface area (Å²) in [6.45, 7) is 7.26. The Labute approximate surface area is 211 Å². The van der Waals surface area contributed by atoms with Gasteiger partial charge in [-0.15, -0.1) is 11.3 Å². The highest BCUT2D eigenvalue weighted by atomic mass is 32.2. The van der Waals surface area contributed by atoms with E-state index in [0.717, 1.165) is 23.5 Å². The van der Waals surface area contributed by atoms with Gasteiger partial charge in [-0.1, -0.05) is 18.2 Å². The summed E-state index contributed by atoms with van der Waals surface area (Å²) in [6.07, 6.45) is -3.34. The van der Waals surface area contributed by atoms with E-state index in [0.29, 0.717) is 42.1 Å². The third-order valence-electron chi connectivity index (χ3n) is 5.55. The standard InChI is InChI=1S/C24H26F3N3O4S2/c1-23(2,3)34-22(31)30-11-9-29(10-12-30)21-18-14-20(35-19(18)7-8-28-21)36(32,33)15-16-5-4-6-17(13-16)24(25,26)27/h4-8,13-14H,9-12,15H2,1-3H3. The summed E-state index contributed by atoms with van der Waals surface area (Å²) in [6, 6.07) is 7.60. The van der Waals surface area contributed by atoms with E-state index < -0.39 is 32.9 Å². The van der Waals surface area contributed by atoms with Crippen molar-refractivity contribution in [1.82, 2.24) is 9.88 Å². The molecule has 4 rings (SSSR count). The van der Waals surface area contributed by atoms with E-state index in [-0.39, 0.29) is 15.9 Å². The molecular formula is C24H26F3N3O4S2. The summed E-state index contributed by atoms with van der Waals surface area (Å²) in [4.78, 5) is 20.4. The summed E-state index contributed by atoms with van der Waals surface area (Å²) in [5.74, 6) is 0.0641. The minimum absolute atomic E-state index is 0.0663. The maximum atomic E-state index is 13.1. The second kappa shape index (κ2) is 9.55. The predicted octanol–water partition coefficient (Wildman–Crippen LogP) is 5.35. The maximum Gasteiger partial charge on any atom is 0.416 e. The molecule has 1 amide bonds. The Morgan fingerprint density at radius 1 is 1.08 bits per heavy atom. The first-order valence-electron chi connectivity index (χ1n) is 11.2. The highest BCUT2D eigenvalue weighted by molar-refractivity contribution is 7.92. The average Bonchev–Trinajstić information content (AvgIpc) is 3.23. The van der Waals surface area contributed by atoms with Crippen molar-refractivity contribution in [3.8, 4) is 0 Å². The first-order valence-corrected chi connectivity index (χ1v) is 13.7. The van der Waals surface area contributed by atoms with Crippen LogP contribution in [0.3, 0.4) is 0 Å². The van der Waals surface area contributed by atoms with Crippen molar-refractivity contribution in [3.05, 3.63) is 53.7 Å². The molecule has 0 atom stereocenters. The van der Waals surface area contributed by atoms with Gasteiger partial charge in [0.2, 0.25) is 0 Å². The van der Waals surface area contributed by atoms with E-state index in [1.54, 1.807) is 37.9 Å². The summed E-state index contributed by atoms with van der Waals surface area (Å²) < 4.78 is 71.5. The number of ether oxygens (including phenoxy) is 1. The number of anilines is 1. The van der Waals surface area contributed by atoms with Crippen LogP contribution < -0.4 is 4.90 Å². The fraction of sp³-hybridized carbons (Fsp3) is 0.417. The van der Waals surface area contributed by atoms with Gasteiger partial charge in [0.25, 0.3) is 0 Å². The second-order valence-electron chi connectivity index (χ2n) is 9.52. The summed E-state index contributed by atoms with van der Waals surface area (Å²) in [5, 5.41) is 0.649. The van der Waals surface area contributed by atoms with Crippen LogP contribution in [0.25, 0.3) is 10.1 Å². The van der Waals surface area contributed by atoms with Crippen molar-refractivity contribution in [3.63, 3.8) is 0 Å². The first-order chi connectivity index (χ1) is 16.7. The number of sulfone groups is 1. The lowest BCUT2D eigenvalue weighted by Crippen LogP contribution is -2.50. The van der Waals surface area contributed by atoms with Gasteiger partial charge in [0, 0.05) is 42.5 Å². The minimum atomic E-state index is -4.55. The quantitative estimate of drug-likeness (QED) is 0.443. The van der Waals surface area contributed by atoms with Gasteiger partial charge in [-0.25, -0.2) is 18.2 Å². The number of rotatable bonds is 4. The van der Waals surface area contributed by atoms with Gasteiger partial charge in [0.1, 0.15) is 15.6 Å². The number of nitrogens with zero attached hydrogens (tertiary/aromatic N) is 3. The van der Waals surface area contributed by atoms with Crippen molar-refractivity contribution in [2.45, 2.75) is 42.5 Å². The molecule has 1 saturated heterocycles. The zero-order valence-electron chi connectivity index (χ0n) is 20.0. The first kappa shape index (κ1) is 26.2. The number of thiophene rings is 1. The monoisotopic (exact) mass is 541 g/mol. The van der Waals surface area contributed by atoms with Gasteiger partial charge in [-0.2, -0.15) is 13.2 Å². The molecule has 194 valence electrons. The van der Waals surface area contributed by atoms with Gasteiger partial charge in [-0.05, 0) is 44.5 Å². The maximum absolute atomic E-state index is 13.1. The molecule has 1 aliphatic heterocycles. The molecule has 0 unspecified atom stereocenters. The molecule has 3 heterocycles. The Kier molecular flexibility index (Phi) is 6.95. The van der Waals surface area contributed by atoms with Gasteiger partial charge in [0.15, 0.2) is 9.84 Å². The Bertz CT molecular complexity index is 1370. The molecule has 7 nitrogen and oxygen atoms in total. The number of alkyl halides is 3. The van der Waals surface area contributed by atoms with Gasteiger partial charge in [-0.3, -0.25) is 0 Å². The van der Waals surface area contributed by atoms with E-state index in [1.807, 2.05) is 4.90 Å². The van der Waals surface area contributed by atoms with Crippen LogP contribution in [0.2, 0.25) is 0 Å². The van der Waals surface area contributed by atoms with Crippen molar-refractivity contribution >= 4 is 43.2 Å². The number of halogens is 3. The van der Waals surface area contributed by atoms with E-state index in [1.165, 1.54) is 18.2 Å². The molecule has 12 heteroatoms. The SMILES string of the molecule is CC(C)(C)OC(=O)N1CCN(c2nccc3sc(S(=O)(=O)Cc4cccc(C(F)(F)F)c4)cc23)CC1. The van der Waals surface area contributed by atoms with E-state index in [2.05, 4.69) is 4.98 Å². The van der Waals surface area contributed by atoms with Crippen LogP contribution >= 0.6 is 11.3 Å². The molecule has 36 heavy (non-hydrogen) atoms. The number of amides is 1. The number of piperazine rings is 1. The number of aromatic nitrogens is 1. The summed E-state index contributed by atoms with van der Waals surface area (Å²) in [5.41, 5.74) is -1.41. The van der Waals surface area contributed by atoms with Crippen LogP contribution in [0.1, 0.15) is 31.9 Å². The van der Waals surface area contributed by atoms with E-state index in [4.69, 9.17) is 4.74 Å². The molecule has 0 aliphatic carbocycles. The number of carbonyl (C=O) groups excluding carboxylic acids is 1. The largest absolute Gasteiger partial charge is 0.444 e. The smallest absolute Gasteiger partial charge is 0.416 e. The fourth-order valence-electron chi connectivity index (χ4n) is 3.89. The fourth-order valence-corrected chi connectivity index (χ4v) is 6.68. The molecule has 0 N–H and O–H groups in total. The molecule has 0 saturated carbocycles. The van der Waals surface area contributed by atoms with Gasteiger partial charge >= 0.3 is 12.3 Å². The number of benzene rings is 1. The van der Waals surface area contributed by atoms with E-state index in [9.17, 15) is 26.4 Å². The molecule has 1 aliphatic rings. The highest BCUT2D eigenvalue weighted by Gasteiger charge is 2.31. The van der Waals surface area contributed by atoms with Gasteiger partial charge in [0.05, 0.1) is 11.3 Å². The lowest BCUT2D eigenvalue weighted by Gasteiger charge is -2.36. The van der Waals surface area contributed by atoms with Crippen LogP contribution in [-0.2, 0) is 26.5 Å². The van der Waals surface area contributed by atoms with Gasteiger partial charge < -0.3 is 14.5 Å². The molecule has 0 radical (unpaired) electrons. The number of fused-ring (bicyclic) bond motifs is 1. The summed E-state index contributed by atoms with van der Waals surface area (Å²) in [7, 11) is -3.89. The number of hydrogen-bond donors (Lipinski definition) is 0. The molecule has 3 aromatic rings. The molecule has 0 bridgehead atoms. The Morgan fingerprint density at radius 3 is 2.42 bits per heavy atom. The third kappa shape index (κ3) is 5.92. The molecule has 2 aromatic heterocycles. The van der Waals surface area contributed by atoms with Crippen molar-refractivity contribution in [2.75, 3.05) is 31.1 Å². The third-order valence-corrected chi connectivity index (χ3v) is 8.90. The topological polar surface area (TPSA) is 79.8 Å². The van der Waals surface area contributed by atoms with Crippen molar-refractivity contribution in [1.29, 1.82) is 0 Å². The van der Waals surface area contributed by atoms with Crippen molar-refractivity contribution in [2.24, 2.45) is 0 Å². The normalized spacial score (nSPS) is 15.4. The number of pyridine rings is 1.